The van der Waals surface area contributed by atoms with Crippen LogP contribution in [0.25, 0.3) is 0 Å². The van der Waals surface area contributed by atoms with Gasteiger partial charge in [0.1, 0.15) is 0 Å². The number of anilines is 1. The summed E-state index contributed by atoms with van der Waals surface area (Å²) >= 11 is 0. The van der Waals surface area contributed by atoms with Crippen LogP contribution in [-0.4, -0.2) is 32.8 Å². The normalized spacial score (nSPS) is 15.7. The molecule has 1 unspecified atom stereocenters. The molecular formula is C15H24N2O2. The van der Waals surface area contributed by atoms with Gasteiger partial charge >= 0.3 is 0 Å². The number of fused-ring (bicyclic) bond motifs is 1. The number of ether oxygens (including phenoxy) is 2. The molecule has 2 N–H and O–H groups in total. The van der Waals surface area contributed by atoms with Gasteiger partial charge in [-0.2, -0.15) is 0 Å². The van der Waals surface area contributed by atoms with Crippen molar-refractivity contribution >= 4 is 5.69 Å². The zero-order valence-corrected chi connectivity index (χ0v) is 11.9. The van der Waals surface area contributed by atoms with Crippen molar-refractivity contribution in [3.05, 3.63) is 18.2 Å². The van der Waals surface area contributed by atoms with Crippen molar-refractivity contribution in [2.45, 2.75) is 32.2 Å². The van der Waals surface area contributed by atoms with E-state index < -0.39 is 0 Å². The van der Waals surface area contributed by atoms with Crippen LogP contribution in [0.3, 0.4) is 0 Å². The fourth-order valence-corrected chi connectivity index (χ4v) is 2.17. The Kier molecular flexibility index (Phi) is 4.91. The first-order chi connectivity index (χ1) is 9.16. The van der Waals surface area contributed by atoms with Crippen molar-refractivity contribution in [3.8, 4) is 11.5 Å². The maximum Gasteiger partial charge on any atom is 0.163 e. The van der Waals surface area contributed by atoms with Gasteiger partial charge in [-0.1, -0.05) is 0 Å². The Morgan fingerprint density at radius 1 is 1.26 bits per heavy atom. The van der Waals surface area contributed by atoms with E-state index in [4.69, 9.17) is 15.2 Å². The van der Waals surface area contributed by atoms with Crippen molar-refractivity contribution in [1.29, 1.82) is 0 Å². The van der Waals surface area contributed by atoms with Crippen LogP contribution in [0.1, 0.15) is 26.2 Å². The Labute approximate surface area is 115 Å². The molecule has 0 saturated carbocycles. The van der Waals surface area contributed by atoms with Crippen LogP contribution in [-0.2, 0) is 0 Å². The zero-order chi connectivity index (χ0) is 13.7. The Balaban J connectivity index is 1.98. The number of rotatable bonds is 5. The molecule has 2 rings (SSSR count). The molecule has 19 heavy (non-hydrogen) atoms. The van der Waals surface area contributed by atoms with Crippen LogP contribution in [0, 0.1) is 0 Å². The lowest BCUT2D eigenvalue weighted by molar-refractivity contribution is 0.297. The Bertz CT molecular complexity index is 407. The van der Waals surface area contributed by atoms with E-state index >= 15 is 0 Å². The topological polar surface area (TPSA) is 47.7 Å². The molecule has 0 radical (unpaired) electrons. The highest BCUT2D eigenvalue weighted by atomic mass is 16.5. The summed E-state index contributed by atoms with van der Waals surface area (Å²) in [5.41, 5.74) is 6.93. The molecule has 1 aromatic carbocycles. The maximum absolute atomic E-state index is 5.77. The van der Waals surface area contributed by atoms with Crippen molar-refractivity contribution in [2.75, 3.05) is 31.7 Å². The molecule has 0 fully saturated rings. The molecule has 106 valence electrons. The van der Waals surface area contributed by atoms with E-state index in [1.807, 2.05) is 13.0 Å². The van der Waals surface area contributed by atoms with Crippen LogP contribution >= 0.6 is 0 Å². The standard InChI is InChI=1S/C15H24N2O2/c1-12(16)5-3-8-17(2)13-6-7-14-15(11-13)19-10-4-9-18-14/h6-7,11-12H,3-5,8-10,16H2,1-2H3. The van der Waals surface area contributed by atoms with E-state index in [-0.39, 0.29) is 6.04 Å². The number of nitrogens with two attached hydrogens (primary N) is 1. The van der Waals surface area contributed by atoms with E-state index in [1.54, 1.807) is 0 Å². The van der Waals surface area contributed by atoms with E-state index in [0.717, 1.165) is 56.2 Å². The summed E-state index contributed by atoms with van der Waals surface area (Å²) in [6.07, 6.45) is 3.09. The lowest BCUT2D eigenvalue weighted by Crippen LogP contribution is -2.22. The molecule has 1 heterocycles. The predicted molar refractivity (Wildman–Crippen MR) is 78.2 cm³/mol. The third kappa shape index (κ3) is 4.03. The first-order valence-electron chi connectivity index (χ1n) is 7.03. The number of benzene rings is 1. The minimum atomic E-state index is 0.275. The SMILES string of the molecule is CC(N)CCCN(C)c1ccc2c(c1)OCCCO2. The first-order valence-corrected chi connectivity index (χ1v) is 7.03. The second-order valence-electron chi connectivity index (χ2n) is 5.22. The van der Waals surface area contributed by atoms with Crippen molar-refractivity contribution in [3.63, 3.8) is 0 Å². The minimum absolute atomic E-state index is 0.275. The second kappa shape index (κ2) is 6.66. The lowest BCUT2D eigenvalue weighted by Gasteiger charge is -2.21. The third-order valence-corrected chi connectivity index (χ3v) is 3.32. The van der Waals surface area contributed by atoms with Crippen molar-refractivity contribution < 1.29 is 9.47 Å². The third-order valence-electron chi connectivity index (χ3n) is 3.32. The van der Waals surface area contributed by atoms with E-state index in [2.05, 4.69) is 24.1 Å². The van der Waals surface area contributed by atoms with Crippen LogP contribution in [0.2, 0.25) is 0 Å². The lowest BCUT2D eigenvalue weighted by atomic mass is 10.2. The van der Waals surface area contributed by atoms with E-state index in [1.165, 1.54) is 0 Å². The summed E-state index contributed by atoms with van der Waals surface area (Å²) < 4.78 is 11.3. The van der Waals surface area contributed by atoms with Gasteiger partial charge in [-0.05, 0) is 31.9 Å². The molecule has 4 heteroatoms. The van der Waals surface area contributed by atoms with Gasteiger partial charge in [-0.3, -0.25) is 0 Å². The molecule has 1 aliphatic rings. The number of hydrogen-bond donors (Lipinski definition) is 1. The summed E-state index contributed by atoms with van der Waals surface area (Å²) in [7, 11) is 2.10. The molecule has 0 aromatic heterocycles. The quantitative estimate of drug-likeness (QED) is 0.887. The van der Waals surface area contributed by atoms with Gasteiger partial charge in [0.25, 0.3) is 0 Å². The Hall–Kier alpha value is -1.42. The van der Waals surface area contributed by atoms with Crippen LogP contribution in [0.4, 0.5) is 5.69 Å². The van der Waals surface area contributed by atoms with Gasteiger partial charge in [0.2, 0.25) is 0 Å². The zero-order valence-electron chi connectivity index (χ0n) is 11.9. The van der Waals surface area contributed by atoms with Gasteiger partial charge < -0.3 is 20.1 Å². The molecule has 0 amide bonds. The average Bonchev–Trinajstić information content (AvgIpc) is 2.62. The summed E-state index contributed by atoms with van der Waals surface area (Å²) in [5, 5.41) is 0. The van der Waals surface area contributed by atoms with Gasteiger partial charge in [-0.15, -0.1) is 0 Å². The fourth-order valence-electron chi connectivity index (χ4n) is 2.17. The molecule has 0 aliphatic carbocycles. The summed E-state index contributed by atoms with van der Waals surface area (Å²) in [6, 6.07) is 6.42. The monoisotopic (exact) mass is 264 g/mol. The van der Waals surface area contributed by atoms with Gasteiger partial charge in [-0.25, -0.2) is 0 Å². The highest BCUT2D eigenvalue weighted by Crippen LogP contribution is 2.33. The number of nitrogens with zero attached hydrogens (tertiary/aromatic N) is 1. The predicted octanol–water partition coefficient (Wildman–Crippen LogP) is 2.41. The van der Waals surface area contributed by atoms with Crippen molar-refractivity contribution in [2.24, 2.45) is 5.73 Å². The van der Waals surface area contributed by atoms with Gasteiger partial charge in [0.15, 0.2) is 11.5 Å². The van der Waals surface area contributed by atoms with E-state index in [0.29, 0.717) is 0 Å². The van der Waals surface area contributed by atoms with E-state index in [9.17, 15) is 0 Å². The minimum Gasteiger partial charge on any atom is -0.490 e. The summed E-state index contributed by atoms with van der Waals surface area (Å²) in [6.45, 7) is 4.51. The molecule has 4 nitrogen and oxygen atoms in total. The summed E-state index contributed by atoms with van der Waals surface area (Å²) in [5.74, 6) is 1.71. The van der Waals surface area contributed by atoms with Crippen LogP contribution in [0.5, 0.6) is 11.5 Å². The molecule has 1 aromatic rings. The first kappa shape index (κ1) is 14.0. The van der Waals surface area contributed by atoms with Crippen molar-refractivity contribution in [1.82, 2.24) is 0 Å². The molecular weight excluding hydrogens is 240 g/mol. The Morgan fingerprint density at radius 3 is 2.74 bits per heavy atom. The molecule has 0 spiro atoms. The molecule has 1 atom stereocenters. The van der Waals surface area contributed by atoms with Crippen LogP contribution < -0.4 is 20.1 Å². The molecule has 0 bridgehead atoms. The smallest absolute Gasteiger partial charge is 0.163 e. The summed E-state index contributed by atoms with van der Waals surface area (Å²) in [4.78, 5) is 2.23. The maximum atomic E-state index is 5.77. The molecule has 1 aliphatic heterocycles. The van der Waals surface area contributed by atoms with Gasteiger partial charge in [0.05, 0.1) is 13.2 Å². The average molecular weight is 264 g/mol. The number of hydrogen-bond acceptors (Lipinski definition) is 4. The molecule has 0 saturated heterocycles. The van der Waals surface area contributed by atoms with Gasteiger partial charge in [0, 0.05) is 37.8 Å². The highest BCUT2D eigenvalue weighted by Gasteiger charge is 2.12. The second-order valence-corrected chi connectivity index (χ2v) is 5.22. The highest BCUT2D eigenvalue weighted by molar-refractivity contribution is 5.56. The largest absolute Gasteiger partial charge is 0.490 e. The Morgan fingerprint density at radius 2 is 2.00 bits per heavy atom. The fraction of sp³-hybridized carbons (Fsp3) is 0.600. The van der Waals surface area contributed by atoms with Crippen LogP contribution in [0.15, 0.2) is 18.2 Å².